The van der Waals surface area contributed by atoms with E-state index >= 15 is 0 Å². The van der Waals surface area contributed by atoms with Crippen molar-refractivity contribution < 1.29 is 9.59 Å². The fraction of sp³-hybridized carbons (Fsp3) is 0.385. The monoisotopic (exact) mass is 247 g/mol. The van der Waals surface area contributed by atoms with Gasteiger partial charge < -0.3 is 16.4 Å². The summed E-state index contributed by atoms with van der Waals surface area (Å²) in [5.74, 6) is -0.458. The molecule has 1 saturated heterocycles. The van der Waals surface area contributed by atoms with Crippen molar-refractivity contribution in [2.75, 3.05) is 11.9 Å². The first-order valence-corrected chi connectivity index (χ1v) is 6.07. The Balaban J connectivity index is 2.07. The molecule has 1 aromatic rings. The second-order valence-electron chi connectivity index (χ2n) is 4.44. The normalized spacial score (nSPS) is 18.6. The van der Waals surface area contributed by atoms with Crippen LogP contribution >= 0.6 is 0 Å². The standard InChI is InChI=1S/C13H17N3O2/c14-12(17)8-9-4-1-2-5-10(9)16-13(18)11-6-3-7-15-11/h1-2,4-5,11,15H,3,6-8H2,(H2,14,17)(H,16,18)/t11-/m0/s1. The van der Waals surface area contributed by atoms with Crippen LogP contribution < -0.4 is 16.4 Å². The lowest BCUT2D eigenvalue weighted by atomic mass is 10.1. The van der Waals surface area contributed by atoms with Crippen molar-refractivity contribution in [1.29, 1.82) is 0 Å². The van der Waals surface area contributed by atoms with E-state index in [0.29, 0.717) is 5.69 Å². The number of nitrogens with one attached hydrogen (secondary N) is 2. The summed E-state index contributed by atoms with van der Waals surface area (Å²) in [5.41, 5.74) is 6.59. The number of primary amides is 1. The fourth-order valence-electron chi connectivity index (χ4n) is 2.11. The summed E-state index contributed by atoms with van der Waals surface area (Å²) >= 11 is 0. The zero-order valence-electron chi connectivity index (χ0n) is 10.1. The molecule has 0 aromatic heterocycles. The predicted molar refractivity (Wildman–Crippen MR) is 69.0 cm³/mol. The van der Waals surface area contributed by atoms with Gasteiger partial charge in [0.05, 0.1) is 12.5 Å². The Labute approximate surface area is 106 Å². The molecule has 18 heavy (non-hydrogen) atoms. The fourth-order valence-corrected chi connectivity index (χ4v) is 2.11. The van der Waals surface area contributed by atoms with Gasteiger partial charge in [-0.2, -0.15) is 0 Å². The maximum Gasteiger partial charge on any atom is 0.241 e. The molecule has 96 valence electrons. The number of hydrogen-bond donors (Lipinski definition) is 3. The van der Waals surface area contributed by atoms with E-state index < -0.39 is 5.91 Å². The molecule has 5 nitrogen and oxygen atoms in total. The van der Waals surface area contributed by atoms with E-state index in [1.165, 1.54) is 0 Å². The van der Waals surface area contributed by atoms with E-state index in [1.54, 1.807) is 12.1 Å². The second-order valence-corrected chi connectivity index (χ2v) is 4.44. The van der Waals surface area contributed by atoms with Gasteiger partial charge in [-0.25, -0.2) is 0 Å². The largest absolute Gasteiger partial charge is 0.369 e. The SMILES string of the molecule is NC(=O)Cc1ccccc1NC(=O)[C@@H]1CCCN1. The van der Waals surface area contributed by atoms with Crippen LogP contribution in [0.15, 0.2) is 24.3 Å². The molecule has 0 saturated carbocycles. The maximum atomic E-state index is 12.0. The molecule has 4 N–H and O–H groups in total. The molecule has 1 aliphatic rings. The molecule has 0 unspecified atom stereocenters. The molecule has 1 heterocycles. The summed E-state index contributed by atoms with van der Waals surface area (Å²) in [5, 5.41) is 5.98. The number of amides is 2. The quantitative estimate of drug-likeness (QED) is 0.720. The van der Waals surface area contributed by atoms with Gasteiger partial charge in [0.15, 0.2) is 0 Å². The highest BCUT2D eigenvalue weighted by molar-refractivity contribution is 5.96. The van der Waals surface area contributed by atoms with E-state index in [4.69, 9.17) is 5.73 Å². The van der Waals surface area contributed by atoms with E-state index in [9.17, 15) is 9.59 Å². The Morgan fingerprint density at radius 3 is 2.83 bits per heavy atom. The summed E-state index contributed by atoms with van der Waals surface area (Å²) in [6.45, 7) is 0.876. The van der Waals surface area contributed by atoms with Crippen LogP contribution in [0.3, 0.4) is 0 Å². The highest BCUT2D eigenvalue weighted by Crippen LogP contribution is 2.17. The molecule has 5 heteroatoms. The number of hydrogen-bond acceptors (Lipinski definition) is 3. The number of benzene rings is 1. The second kappa shape index (κ2) is 5.64. The van der Waals surface area contributed by atoms with Gasteiger partial charge in [0.25, 0.3) is 0 Å². The Bertz CT molecular complexity index is 453. The van der Waals surface area contributed by atoms with Crippen molar-refractivity contribution in [2.45, 2.75) is 25.3 Å². The molecular weight excluding hydrogens is 230 g/mol. The number of anilines is 1. The van der Waals surface area contributed by atoms with Crippen molar-refractivity contribution in [3.8, 4) is 0 Å². The van der Waals surface area contributed by atoms with Gasteiger partial charge in [0.1, 0.15) is 0 Å². The molecule has 1 aliphatic heterocycles. The Hall–Kier alpha value is -1.88. The third-order valence-corrected chi connectivity index (χ3v) is 3.02. The first-order chi connectivity index (χ1) is 8.66. The molecule has 2 rings (SSSR count). The topological polar surface area (TPSA) is 84.2 Å². The van der Waals surface area contributed by atoms with Gasteiger partial charge in [-0.15, -0.1) is 0 Å². The van der Waals surface area contributed by atoms with E-state index in [0.717, 1.165) is 24.9 Å². The first-order valence-electron chi connectivity index (χ1n) is 6.07. The minimum atomic E-state index is -0.407. The Kier molecular flexibility index (Phi) is 3.94. The number of nitrogens with two attached hydrogens (primary N) is 1. The van der Waals surface area contributed by atoms with Crippen LogP contribution in [0, 0.1) is 0 Å². The lowest BCUT2D eigenvalue weighted by molar-refractivity contribution is -0.118. The molecule has 0 bridgehead atoms. The minimum absolute atomic E-state index is 0.0515. The van der Waals surface area contributed by atoms with Gasteiger partial charge in [-0.1, -0.05) is 18.2 Å². The molecule has 1 fully saturated rings. The van der Waals surface area contributed by atoms with Crippen LogP contribution in [0.2, 0.25) is 0 Å². The molecule has 1 aromatic carbocycles. The van der Waals surface area contributed by atoms with Gasteiger partial charge in [0.2, 0.25) is 11.8 Å². The molecule has 0 aliphatic carbocycles. The first kappa shape index (κ1) is 12.6. The summed E-state index contributed by atoms with van der Waals surface area (Å²) in [6.07, 6.45) is 2.00. The Morgan fingerprint density at radius 2 is 2.17 bits per heavy atom. The summed E-state index contributed by atoms with van der Waals surface area (Å²) in [7, 11) is 0. The van der Waals surface area contributed by atoms with E-state index in [-0.39, 0.29) is 18.4 Å². The van der Waals surface area contributed by atoms with Gasteiger partial charge >= 0.3 is 0 Å². The molecule has 0 spiro atoms. The van der Waals surface area contributed by atoms with Gasteiger partial charge in [0, 0.05) is 5.69 Å². The van der Waals surface area contributed by atoms with Crippen LogP contribution in [0.25, 0.3) is 0 Å². The predicted octanol–water partition coefficient (Wildman–Crippen LogP) is 0.405. The lowest BCUT2D eigenvalue weighted by Gasteiger charge is -2.13. The van der Waals surface area contributed by atoms with Crippen molar-refractivity contribution >= 4 is 17.5 Å². The van der Waals surface area contributed by atoms with E-state index in [2.05, 4.69) is 10.6 Å². The summed E-state index contributed by atoms with van der Waals surface area (Å²) in [6, 6.07) is 7.09. The van der Waals surface area contributed by atoms with Crippen LogP contribution in [-0.2, 0) is 16.0 Å². The number of rotatable bonds is 4. The highest BCUT2D eigenvalue weighted by Gasteiger charge is 2.22. The molecular formula is C13H17N3O2. The number of para-hydroxylation sites is 1. The third-order valence-electron chi connectivity index (χ3n) is 3.02. The lowest BCUT2D eigenvalue weighted by Crippen LogP contribution is -2.35. The van der Waals surface area contributed by atoms with Crippen molar-refractivity contribution in [3.05, 3.63) is 29.8 Å². The highest BCUT2D eigenvalue weighted by atomic mass is 16.2. The van der Waals surface area contributed by atoms with Crippen molar-refractivity contribution in [2.24, 2.45) is 5.73 Å². The molecule has 0 radical (unpaired) electrons. The number of carbonyl (C=O) groups excluding carboxylic acids is 2. The van der Waals surface area contributed by atoms with E-state index in [1.807, 2.05) is 12.1 Å². The van der Waals surface area contributed by atoms with Crippen LogP contribution in [0.4, 0.5) is 5.69 Å². The third kappa shape index (κ3) is 3.07. The average Bonchev–Trinajstić information content (AvgIpc) is 2.84. The smallest absolute Gasteiger partial charge is 0.241 e. The minimum Gasteiger partial charge on any atom is -0.369 e. The summed E-state index contributed by atoms with van der Waals surface area (Å²) < 4.78 is 0. The molecule has 1 atom stereocenters. The van der Waals surface area contributed by atoms with Gasteiger partial charge in [-0.3, -0.25) is 9.59 Å². The Morgan fingerprint density at radius 1 is 1.39 bits per heavy atom. The van der Waals surface area contributed by atoms with Crippen LogP contribution in [0.5, 0.6) is 0 Å². The molecule has 2 amide bonds. The van der Waals surface area contributed by atoms with Crippen molar-refractivity contribution in [3.63, 3.8) is 0 Å². The maximum absolute atomic E-state index is 12.0. The average molecular weight is 247 g/mol. The van der Waals surface area contributed by atoms with Crippen LogP contribution in [0.1, 0.15) is 18.4 Å². The zero-order valence-corrected chi connectivity index (χ0v) is 10.1. The zero-order chi connectivity index (χ0) is 13.0. The van der Waals surface area contributed by atoms with Gasteiger partial charge in [-0.05, 0) is 31.0 Å². The summed E-state index contributed by atoms with van der Waals surface area (Å²) in [4.78, 5) is 22.9. The number of carbonyl (C=O) groups is 2. The van der Waals surface area contributed by atoms with Crippen LogP contribution in [-0.4, -0.2) is 24.4 Å². The van der Waals surface area contributed by atoms with Crippen molar-refractivity contribution in [1.82, 2.24) is 5.32 Å².